The molecule has 0 radical (unpaired) electrons. The fourth-order valence-electron chi connectivity index (χ4n) is 2.14. The Morgan fingerprint density at radius 1 is 0.625 bits per heavy atom. The lowest BCUT2D eigenvalue weighted by Crippen LogP contribution is -2.13. The first kappa shape index (κ1) is 20.1. The SMILES string of the molecule is OC(CSSSSCC(O)Cc1ccccc1)Cc1ccccc1. The smallest absolute Gasteiger partial charge is 0.0679 e. The highest BCUT2D eigenvalue weighted by molar-refractivity contribution is 9.26. The van der Waals surface area contributed by atoms with Crippen LogP contribution in [0.4, 0.5) is 0 Å². The zero-order valence-corrected chi connectivity index (χ0v) is 16.6. The molecule has 6 heteroatoms. The van der Waals surface area contributed by atoms with Crippen LogP contribution in [-0.4, -0.2) is 33.9 Å². The van der Waals surface area contributed by atoms with Crippen LogP contribution in [0.5, 0.6) is 0 Å². The molecule has 2 atom stereocenters. The summed E-state index contributed by atoms with van der Waals surface area (Å²) >= 11 is 0. The van der Waals surface area contributed by atoms with E-state index in [-0.39, 0.29) is 12.2 Å². The molecule has 0 fully saturated rings. The number of hydrogen-bond donors (Lipinski definition) is 2. The maximum atomic E-state index is 10.0. The molecular formula is C18H22O2S4. The van der Waals surface area contributed by atoms with Gasteiger partial charge in [-0.2, -0.15) is 0 Å². The molecule has 0 aliphatic heterocycles. The lowest BCUT2D eigenvalue weighted by atomic mass is 10.1. The van der Waals surface area contributed by atoms with Crippen molar-refractivity contribution in [1.29, 1.82) is 0 Å². The Bertz CT molecular complexity index is 502. The van der Waals surface area contributed by atoms with Crippen LogP contribution in [0.25, 0.3) is 0 Å². The van der Waals surface area contributed by atoms with Crippen LogP contribution in [0, 0.1) is 0 Å². The minimum absolute atomic E-state index is 0.320. The van der Waals surface area contributed by atoms with Crippen LogP contribution in [0.1, 0.15) is 11.1 Å². The fraction of sp³-hybridized carbons (Fsp3) is 0.333. The molecule has 0 aliphatic carbocycles. The molecule has 0 spiro atoms. The fourth-order valence-corrected chi connectivity index (χ4v) is 8.22. The lowest BCUT2D eigenvalue weighted by molar-refractivity contribution is 0.200. The number of hydrogen-bond acceptors (Lipinski definition) is 6. The molecule has 24 heavy (non-hydrogen) atoms. The maximum Gasteiger partial charge on any atom is 0.0679 e. The van der Waals surface area contributed by atoms with Crippen LogP contribution in [-0.2, 0) is 12.8 Å². The predicted molar refractivity (Wildman–Crippen MR) is 112 cm³/mol. The zero-order valence-electron chi connectivity index (χ0n) is 13.3. The molecule has 2 aromatic carbocycles. The maximum absolute atomic E-state index is 10.0. The molecule has 130 valence electrons. The highest BCUT2D eigenvalue weighted by Gasteiger charge is 2.08. The highest BCUT2D eigenvalue weighted by Crippen LogP contribution is 2.43. The average Bonchev–Trinajstić information content (AvgIpc) is 2.60. The average molecular weight is 399 g/mol. The van der Waals surface area contributed by atoms with Gasteiger partial charge >= 0.3 is 0 Å². The number of aliphatic hydroxyl groups excluding tert-OH is 2. The van der Waals surface area contributed by atoms with Gasteiger partial charge in [0.2, 0.25) is 0 Å². The Hall–Kier alpha value is -0.240. The summed E-state index contributed by atoms with van der Waals surface area (Å²) in [6, 6.07) is 20.1. The molecule has 2 N–H and O–H groups in total. The molecule has 0 amide bonds. The first-order valence-electron chi connectivity index (χ1n) is 7.76. The van der Waals surface area contributed by atoms with E-state index in [1.54, 1.807) is 41.2 Å². The van der Waals surface area contributed by atoms with E-state index in [1.165, 1.54) is 11.1 Å². The third-order valence-electron chi connectivity index (χ3n) is 3.27. The number of aliphatic hydroxyl groups is 2. The van der Waals surface area contributed by atoms with E-state index < -0.39 is 0 Å². The van der Waals surface area contributed by atoms with Crippen molar-refractivity contribution < 1.29 is 10.2 Å². The highest BCUT2D eigenvalue weighted by atomic mass is 33.7. The van der Waals surface area contributed by atoms with E-state index >= 15 is 0 Å². The second-order valence-corrected chi connectivity index (χ2v) is 11.5. The molecule has 0 saturated heterocycles. The van der Waals surface area contributed by atoms with Gasteiger partial charge in [-0.25, -0.2) is 0 Å². The summed E-state index contributed by atoms with van der Waals surface area (Å²) < 4.78 is 0. The largest absolute Gasteiger partial charge is 0.392 e. The third kappa shape index (κ3) is 8.74. The summed E-state index contributed by atoms with van der Waals surface area (Å²) in [5.41, 5.74) is 2.34. The topological polar surface area (TPSA) is 40.5 Å². The minimum atomic E-state index is -0.320. The minimum Gasteiger partial charge on any atom is -0.392 e. The quantitative estimate of drug-likeness (QED) is 0.416. The van der Waals surface area contributed by atoms with Gasteiger partial charge in [-0.05, 0) is 43.6 Å². The molecule has 2 unspecified atom stereocenters. The Kier molecular flexibility index (Phi) is 10.2. The van der Waals surface area contributed by atoms with E-state index in [1.807, 2.05) is 60.7 Å². The van der Waals surface area contributed by atoms with Gasteiger partial charge in [-0.1, -0.05) is 82.3 Å². The van der Waals surface area contributed by atoms with Gasteiger partial charge < -0.3 is 10.2 Å². The monoisotopic (exact) mass is 398 g/mol. The summed E-state index contributed by atoms with van der Waals surface area (Å²) in [6.45, 7) is 0. The van der Waals surface area contributed by atoms with Crippen molar-refractivity contribution in [2.45, 2.75) is 25.0 Å². The number of benzene rings is 2. The molecule has 0 aromatic heterocycles. The number of rotatable bonds is 11. The Morgan fingerprint density at radius 3 is 1.38 bits per heavy atom. The van der Waals surface area contributed by atoms with Crippen molar-refractivity contribution in [2.24, 2.45) is 0 Å². The first-order valence-corrected chi connectivity index (χ1v) is 12.9. The van der Waals surface area contributed by atoms with E-state index in [4.69, 9.17) is 0 Å². The molecule has 2 rings (SSSR count). The normalized spacial score (nSPS) is 13.6. The van der Waals surface area contributed by atoms with E-state index in [0.29, 0.717) is 24.3 Å². The molecule has 0 aliphatic rings. The van der Waals surface area contributed by atoms with Crippen LogP contribution in [0.2, 0.25) is 0 Å². The van der Waals surface area contributed by atoms with Crippen LogP contribution < -0.4 is 0 Å². The van der Waals surface area contributed by atoms with E-state index in [2.05, 4.69) is 0 Å². The van der Waals surface area contributed by atoms with Crippen molar-refractivity contribution in [1.82, 2.24) is 0 Å². The van der Waals surface area contributed by atoms with Gasteiger partial charge in [-0.15, -0.1) is 0 Å². The molecule has 0 saturated carbocycles. The van der Waals surface area contributed by atoms with Crippen molar-refractivity contribution >= 4 is 41.2 Å². The molecule has 2 aromatic rings. The van der Waals surface area contributed by atoms with Crippen molar-refractivity contribution in [3.8, 4) is 0 Å². The van der Waals surface area contributed by atoms with E-state index in [9.17, 15) is 10.2 Å². The summed E-state index contributed by atoms with van der Waals surface area (Å²) in [7, 11) is 6.66. The second kappa shape index (κ2) is 12.2. The summed E-state index contributed by atoms with van der Waals surface area (Å²) in [6.07, 6.45) is 0.752. The Balaban J connectivity index is 1.49. The standard InChI is InChI=1S/C18H22O2S4/c19-17(11-15-7-3-1-4-8-15)13-21-23-24-22-14-18(20)12-16-9-5-2-6-10-16/h1-10,17-20H,11-14H2. The summed E-state index contributed by atoms with van der Waals surface area (Å²) in [5, 5.41) is 20.0. The molecule has 0 bridgehead atoms. The van der Waals surface area contributed by atoms with Crippen LogP contribution in [0.15, 0.2) is 60.7 Å². The van der Waals surface area contributed by atoms with Gasteiger partial charge in [0.15, 0.2) is 0 Å². The third-order valence-corrected chi connectivity index (χ3v) is 9.86. The van der Waals surface area contributed by atoms with Crippen molar-refractivity contribution in [3.05, 3.63) is 71.8 Å². The van der Waals surface area contributed by atoms with Gasteiger partial charge in [-0.3, -0.25) is 0 Å². The van der Waals surface area contributed by atoms with Crippen LogP contribution in [0.3, 0.4) is 0 Å². The Labute approximate surface area is 159 Å². The van der Waals surface area contributed by atoms with Crippen molar-refractivity contribution in [2.75, 3.05) is 11.5 Å². The summed E-state index contributed by atoms with van der Waals surface area (Å²) in [4.78, 5) is 0. The van der Waals surface area contributed by atoms with Crippen molar-refractivity contribution in [3.63, 3.8) is 0 Å². The van der Waals surface area contributed by atoms with Crippen LogP contribution >= 0.6 is 41.2 Å². The van der Waals surface area contributed by atoms with E-state index in [0.717, 1.165) is 0 Å². The second-order valence-electron chi connectivity index (χ2n) is 5.39. The summed E-state index contributed by atoms with van der Waals surface area (Å²) in [5.74, 6) is 1.42. The predicted octanol–water partition coefficient (Wildman–Crippen LogP) is 4.87. The zero-order chi connectivity index (χ0) is 17.0. The molecule has 2 nitrogen and oxygen atoms in total. The molecule has 0 heterocycles. The van der Waals surface area contributed by atoms with Gasteiger partial charge in [0.05, 0.1) is 12.2 Å². The Morgan fingerprint density at radius 2 is 1.00 bits per heavy atom. The van der Waals surface area contributed by atoms with Gasteiger partial charge in [0, 0.05) is 11.5 Å². The first-order chi connectivity index (χ1) is 11.7. The van der Waals surface area contributed by atoms with Gasteiger partial charge in [0.1, 0.15) is 0 Å². The lowest BCUT2D eigenvalue weighted by Gasteiger charge is -2.10. The molecular weight excluding hydrogens is 376 g/mol. The van der Waals surface area contributed by atoms with Gasteiger partial charge in [0.25, 0.3) is 0 Å².